The molecule has 0 saturated carbocycles. The van der Waals surface area contributed by atoms with E-state index in [1.807, 2.05) is 0 Å². The van der Waals surface area contributed by atoms with Crippen molar-refractivity contribution >= 4 is 26.8 Å². The molecular weight excluding hydrogens is 629 g/mol. The number of nitrogens with zero attached hydrogens (tertiary/aromatic N) is 1. The van der Waals surface area contributed by atoms with Crippen molar-refractivity contribution in [2.45, 2.75) is 49.8 Å². The fraction of sp³-hybridized carbons (Fsp3) is 0.206. The van der Waals surface area contributed by atoms with Gasteiger partial charge in [0, 0.05) is 17.5 Å². The van der Waals surface area contributed by atoms with Crippen LogP contribution in [0.25, 0.3) is 21.9 Å². The van der Waals surface area contributed by atoms with Crippen molar-refractivity contribution in [2.24, 2.45) is 0 Å². The van der Waals surface area contributed by atoms with Crippen LogP contribution in [0.5, 0.6) is 0 Å². The summed E-state index contributed by atoms with van der Waals surface area (Å²) in [5, 5.41) is 10.1. The van der Waals surface area contributed by atoms with Crippen molar-refractivity contribution in [1.82, 2.24) is 4.31 Å². The Balaban J connectivity index is 1.56. The van der Waals surface area contributed by atoms with Crippen LogP contribution in [0.3, 0.4) is 0 Å². The van der Waals surface area contributed by atoms with Gasteiger partial charge < -0.3 is 9.52 Å². The summed E-state index contributed by atoms with van der Waals surface area (Å²) in [6.07, 6.45) is -7.97. The van der Waals surface area contributed by atoms with Crippen LogP contribution in [0.4, 0.5) is 22.0 Å². The number of benzene rings is 4. The Morgan fingerprint density at radius 3 is 2.17 bits per heavy atom. The molecule has 1 N–H and O–H groups in total. The SMILES string of the molecule is CC(C)(C(=O)O)c1cccc(-c2ccc(CN(Cc3ccc(C(F)(F)F)o3)S(=O)(=O)c3c(C(F)F)ccc4ccccc34)cc2)c1. The van der Waals surface area contributed by atoms with Gasteiger partial charge in [-0.05, 0) is 53.6 Å². The molecule has 5 rings (SSSR count). The molecule has 4 aromatic carbocycles. The number of halogens is 5. The third-order valence-electron chi connectivity index (χ3n) is 7.78. The molecule has 0 fully saturated rings. The smallest absolute Gasteiger partial charge is 0.449 e. The Kier molecular flexibility index (Phi) is 8.80. The van der Waals surface area contributed by atoms with Crippen molar-refractivity contribution in [1.29, 1.82) is 0 Å². The topological polar surface area (TPSA) is 87.8 Å². The van der Waals surface area contributed by atoms with E-state index in [1.165, 1.54) is 18.2 Å². The highest BCUT2D eigenvalue weighted by Crippen LogP contribution is 2.37. The zero-order valence-electron chi connectivity index (χ0n) is 24.6. The maximum absolute atomic E-state index is 14.2. The predicted octanol–water partition coefficient (Wildman–Crippen LogP) is 8.81. The van der Waals surface area contributed by atoms with Gasteiger partial charge in [-0.3, -0.25) is 4.79 Å². The third kappa shape index (κ3) is 6.54. The highest BCUT2D eigenvalue weighted by Gasteiger charge is 2.37. The molecule has 0 aliphatic heterocycles. The first-order valence-corrected chi connectivity index (χ1v) is 15.4. The van der Waals surface area contributed by atoms with Gasteiger partial charge in [-0.15, -0.1) is 0 Å². The average molecular weight is 658 g/mol. The second-order valence-corrected chi connectivity index (χ2v) is 13.1. The predicted molar refractivity (Wildman–Crippen MR) is 162 cm³/mol. The van der Waals surface area contributed by atoms with Crippen LogP contribution in [0.15, 0.2) is 106 Å². The maximum atomic E-state index is 14.2. The van der Waals surface area contributed by atoms with Crippen LogP contribution in [0.2, 0.25) is 0 Å². The van der Waals surface area contributed by atoms with Gasteiger partial charge in [-0.2, -0.15) is 17.5 Å². The molecular formula is C34H28F5NO5S. The summed E-state index contributed by atoms with van der Waals surface area (Å²) < 4.78 is 102. The number of furan rings is 1. The highest BCUT2D eigenvalue weighted by molar-refractivity contribution is 7.89. The molecule has 240 valence electrons. The summed E-state index contributed by atoms with van der Waals surface area (Å²) in [4.78, 5) is 11.1. The quantitative estimate of drug-likeness (QED) is 0.152. The number of hydrogen-bond donors (Lipinski definition) is 1. The van der Waals surface area contributed by atoms with E-state index in [2.05, 4.69) is 0 Å². The van der Waals surface area contributed by atoms with Crippen LogP contribution in [-0.2, 0) is 39.5 Å². The average Bonchev–Trinajstić information content (AvgIpc) is 3.50. The van der Waals surface area contributed by atoms with Crippen LogP contribution >= 0.6 is 0 Å². The van der Waals surface area contributed by atoms with E-state index in [1.54, 1.807) is 74.5 Å². The number of carboxylic acids is 1. The largest absolute Gasteiger partial charge is 0.481 e. The first-order valence-electron chi connectivity index (χ1n) is 14.0. The molecule has 0 atom stereocenters. The molecule has 1 aromatic heterocycles. The fourth-order valence-electron chi connectivity index (χ4n) is 5.08. The van der Waals surface area contributed by atoms with Crippen LogP contribution in [0, 0.1) is 0 Å². The summed E-state index contributed by atoms with van der Waals surface area (Å²) in [7, 11) is -4.76. The van der Waals surface area contributed by atoms with Gasteiger partial charge in [0.25, 0.3) is 6.43 Å². The fourth-order valence-corrected chi connectivity index (χ4v) is 6.87. The van der Waals surface area contributed by atoms with E-state index in [-0.39, 0.29) is 17.7 Å². The molecule has 0 spiro atoms. The van der Waals surface area contributed by atoms with Gasteiger partial charge in [-0.25, -0.2) is 17.2 Å². The number of aliphatic carboxylic acids is 1. The molecule has 0 amide bonds. The molecule has 5 aromatic rings. The summed E-state index contributed by atoms with van der Waals surface area (Å²) in [5.41, 5.74) is 0.489. The molecule has 1 heterocycles. The number of carbonyl (C=O) groups is 1. The molecule has 0 aliphatic rings. The minimum atomic E-state index is -4.81. The Hall–Kier alpha value is -4.55. The lowest BCUT2D eigenvalue weighted by Crippen LogP contribution is -2.31. The normalized spacial score (nSPS) is 12.7. The Morgan fingerprint density at radius 1 is 0.848 bits per heavy atom. The standard InChI is InChI=1S/C34H28F5NO5S/c1-33(2,32(41)42)25-8-5-7-24(18-25)22-12-10-21(11-13-22)19-40(20-26-15-17-29(45-26)34(37,38)39)46(43,44)30-27-9-4-3-6-23(27)14-16-28(30)31(35)36/h3-18,31H,19-20H2,1-2H3,(H,41,42). The first kappa shape index (κ1) is 32.8. The highest BCUT2D eigenvalue weighted by atomic mass is 32.2. The van der Waals surface area contributed by atoms with Crippen LogP contribution in [0.1, 0.15) is 48.5 Å². The Bertz CT molecular complexity index is 2000. The lowest BCUT2D eigenvalue weighted by Gasteiger charge is -2.24. The molecule has 0 radical (unpaired) electrons. The van der Waals surface area contributed by atoms with E-state index in [0.717, 1.165) is 16.4 Å². The van der Waals surface area contributed by atoms with Gasteiger partial charge in [0.2, 0.25) is 15.8 Å². The van der Waals surface area contributed by atoms with Crippen LogP contribution < -0.4 is 0 Å². The van der Waals surface area contributed by atoms with Crippen molar-refractivity contribution in [3.8, 4) is 11.1 Å². The minimum absolute atomic E-state index is 0.0419. The minimum Gasteiger partial charge on any atom is -0.481 e. The maximum Gasteiger partial charge on any atom is 0.449 e. The van der Waals surface area contributed by atoms with Crippen molar-refractivity contribution in [2.75, 3.05) is 0 Å². The zero-order valence-corrected chi connectivity index (χ0v) is 25.4. The Morgan fingerprint density at radius 2 is 1.54 bits per heavy atom. The van der Waals surface area contributed by atoms with Crippen molar-refractivity contribution < 1.29 is 44.7 Å². The van der Waals surface area contributed by atoms with Gasteiger partial charge in [0.05, 0.1) is 16.9 Å². The van der Waals surface area contributed by atoms with Gasteiger partial charge in [0.15, 0.2) is 0 Å². The summed E-state index contributed by atoms with van der Waals surface area (Å²) in [5.74, 6) is -2.65. The summed E-state index contributed by atoms with van der Waals surface area (Å²) in [6, 6.07) is 23.7. The molecule has 0 bridgehead atoms. The third-order valence-corrected chi connectivity index (χ3v) is 9.69. The van der Waals surface area contributed by atoms with E-state index < -0.39 is 56.8 Å². The molecule has 46 heavy (non-hydrogen) atoms. The van der Waals surface area contributed by atoms with Crippen LogP contribution in [-0.4, -0.2) is 23.8 Å². The molecule has 0 unspecified atom stereocenters. The second-order valence-electron chi connectivity index (χ2n) is 11.3. The Labute approximate surface area is 261 Å². The molecule has 12 heteroatoms. The second kappa shape index (κ2) is 12.3. The van der Waals surface area contributed by atoms with Gasteiger partial charge in [-0.1, -0.05) is 84.9 Å². The van der Waals surface area contributed by atoms with Gasteiger partial charge in [0.1, 0.15) is 5.76 Å². The lowest BCUT2D eigenvalue weighted by atomic mass is 9.83. The number of carboxylic acid groups (broad SMARTS) is 1. The van der Waals surface area contributed by atoms with E-state index in [9.17, 15) is 40.3 Å². The number of alkyl halides is 5. The monoisotopic (exact) mass is 657 g/mol. The molecule has 0 saturated heterocycles. The van der Waals surface area contributed by atoms with E-state index >= 15 is 0 Å². The van der Waals surface area contributed by atoms with Gasteiger partial charge >= 0.3 is 12.1 Å². The number of sulfonamides is 1. The zero-order chi connectivity index (χ0) is 33.4. The van der Waals surface area contributed by atoms with E-state index in [4.69, 9.17) is 4.42 Å². The first-order chi connectivity index (χ1) is 21.6. The lowest BCUT2D eigenvalue weighted by molar-refractivity contribution is -0.153. The molecule has 0 aliphatic carbocycles. The molecule has 6 nitrogen and oxygen atoms in total. The van der Waals surface area contributed by atoms with E-state index in [0.29, 0.717) is 33.7 Å². The number of fused-ring (bicyclic) bond motifs is 1. The van der Waals surface area contributed by atoms with Crippen molar-refractivity contribution in [3.63, 3.8) is 0 Å². The number of rotatable bonds is 10. The summed E-state index contributed by atoms with van der Waals surface area (Å²) in [6.45, 7) is 2.11. The summed E-state index contributed by atoms with van der Waals surface area (Å²) >= 11 is 0. The number of hydrogen-bond acceptors (Lipinski definition) is 4. The van der Waals surface area contributed by atoms with Crippen molar-refractivity contribution in [3.05, 3.63) is 125 Å².